The average Bonchev–Trinajstić information content (AvgIpc) is 3.13. The summed E-state index contributed by atoms with van der Waals surface area (Å²) in [6.45, 7) is 10.3. The van der Waals surface area contributed by atoms with Crippen LogP contribution >= 0.6 is 15.9 Å². The molecule has 0 bridgehead atoms. The number of esters is 1. The number of nitrogens with zero attached hydrogens (tertiary/aromatic N) is 2. The molecule has 5 rings (SSSR count). The van der Waals surface area contributed by atoms with Crippen LogP contribution in [0, 0.1) is 54.8 Å². The molecule has 0 aliphatic rings. The molecule has 0 saturated heterocycles. The molecule has 0 spiro atoms. The van der Waals surface area contributed by atoms with Crippen molar-refractivity contribution < 1.29 is 48.7 Å². The van der Waals surface area contributed by atoms with Crippen LogP contribution in [0.4, 0.5) is 5.69 Å². The van der Waals surface area contributed by atoms with Gasteiger partial charge in [-0.15, -0.1) is 0 Å². The van der Waals surface area contributed by atoms with Crippen LogP contribution in [-0.2, 0) is 14.9 Å². The number of aryl methyl sites for hydroxylation is 5. The van der Waals surface area contributed by atoms with E-state index in [2.05, 4.69) is 32.8 Å². The largest absolute Gasteiger partial charge is 0.508 e. The number of carbonyl (C=O) groups is 3. The highest BCUT2D eigenvalue weighted by molar-refractivity contribution is 9.08. The van der Waals surface area contributed by atoms with Crippen molar-refractivity contribution in [3.8, 4) is 17.2 Å². The number of hydrogen-bond acceptors (Lipinski definition) is 13. The molecule has 1 aromatic heterocycles. The Bertz CT molecular complexity index is 2110. The van der Waals surface area contributed by atoms with E-state index < -0.39 is 33.7 Å². The summed E-state index contributed by atoms with van der Waals surface area (Å²) >= 11 is 3.36. The number of hydrogen-bond donors (Lipinski definition) is 3. The summed E-state index contributed by atoms with van der Waals surface area (Å²) in [6.07, 6.45) is 1.20. The molecule has 5 aromatic rings. The lowest BCUT2D eigenvalue weighted by molar-refractivity contribution is -0.470. The number of phenols is 3. The van der Waals surface area contributed by atoms with E-state index in [4.69, 9.17) is 14.6 Å². The Balaban J connectivity index is 0.000000352. The molecule has 0 fully saturated rings. The van der Waals surface area contributed by atoms with E-state index in [1.54, 1.807) is 38.1 Å². The van der Waals surface area contributed by atoms with Crippen molar-refractivity contribution in [1.29, 1.82) is 0 Å². The van der Waals surface area contributed by atoms with E-state index in [0.717, 1.165) is 33.7 Å². The van der Waals surface area contributed by atoms with Gasteiger partial charge in [0, 0.05) is 27.8 Å². The third-order valence-corrected chi connectivity index (χ3v) is 7.98. The summed E-state index contributed by atoms with van der Waals surface area (Å²) in [5.41, 5.74) is 5.36. The normalized spacial score (nSPS) is 9.65. The van der Waals surface area contributed by atoms with Crippen LogP contribution in [0.5, 0.6) is 17.2 Å². The maximum Gasteiger partial charge on any atom is 0.415 e. The number of benzene rings is 4. The molecule has 1 heterocycles. The number of aromatic hydroxyl groups is 3. The molecule has 0 unspecified atom stereocenters. The summed E-state index contributed by atoms with van der Waals surface area (Å²) in [4.78, 5) is 60.7. The number of aldehydes is 2. The van der Waals surface area contributed by atoms with E-state index in [0.29, 0.717) is 34.7 Å². The highest BCUT2D eigenvalue weighted by Crippen LogP contribution is 2.25. The number of alkyl halides is 1. The third-order valence-electron chi connectivity index (χ3n) is 7.33. The summed E-state index contributed by atoms with van der Waals surface area (Å²) < 4.78 is 9.16. The highest BCUT2D eigenvalue weighted by Gasteiger charge is 2.16. The number of nitro groups is 2. The Morgan fingerprint density at radius 2 is 1.27 bits per heavy atom. The molecule has 3 N–H and O–H groups in total. The monoisotopic (exact) mass is 824 g/mol. The fourth-order valence-electron chi connectivity index (χ4n) is 4.10. The Kier molecular flexibility index (Phi) is 19.7. The Labute approximate surface area is 324 Å². The van der Waals surface area contributed by atoms with Crippen molar-refractivity contribution in [1.82, 2.24) is 0 Å². The fourth-order valence-corrected chi connectivity index (χ4v) is 4.47. The molecule has 292 valence electrons. The maximum absolute atomic E-state index is 11.3. The number of carbonyl (C=O) groups excluding carboxylic acids is 3. The zero-order valence-corrected chi connectivity index (χ0v) is 32.5. The standard InChI is InChI=1S/C11H9NO4.C9H10O2.C8H8O3.C7H7Br.C4H7NO4/c1-6-3-8-5-9(12(14)15)11(13)16-10(8)4-7(6)2;1-6-3-8(5-10)9(11)4-7(6)2;1-5-2-6(4-9)8(11)3-7(5)10;8-6-7-4-2-1-3-5-7;1-2-9-4(6)3-5(7)8/h3-5H,1-2H3;3-5,11H,1-2H3;2-4,10-11H,1H3;1-5H,6H2;2-3H2,1H3. The van der Waals surface area contributed by atoms with E-state index in [-0.39, 0.29) is 29.4 Å². The number of phenolic OH excluding ortho intramolecular Hbond substituents is 3. The summed E-state index contributed by atoms with van der Waals surface area (Å²) in [7, 11) is 0. The molecule has 0 atom stereocenters. The summed E-state index contributed by atoms with van der Waals surface area (Å²) in [5, 5.41) is 48.9. The van der Waals surface area contributed by atoms with E-state index in [1.807, 2.05) is 45.9 Å². The van der Waals surface area contributed by atoms with Crippen LogP contribution in [-0.4, -0.2) is 56.9 Å². The number of halogens is 1. The van der Waals surface area contributed by atoms with Crippen molar-refractivity contribution in [3.63, 3.8) is 0 Å². The topological polar surface area (TPSA) is 238 Å². The predicted octanol–water partition coefficient (Wildman–Crippen LogP) is 7.77. The van der Waals surface area contributed by atoms with E-state index in [1.165, 1.54) is 17.7 Å². The molecule has 55 heavy (non-hydrogen) atoms. The van der Waals surface area contributed by atoms with E-state index >= 15 is 0 Å². The van der Waals surface area contributed by atoms with Crippen molar-refractivity contribution in [3.05, 3.63) is 148 Å². The average molecular weight is 826 g/mol. The molecule has 0 radical (unpaired) electrons. The smallest absolute Gasteiger partial charge is 0.415 e. The quantitative estimate of drug-likeness (QED) is 0.0355. The van der Waals surface area contributed by atoms with Gasteiger partial charge in [-0.3, -0.25) is 29.8 Å². The van der Waals surface area contributed by atoms with Crippen molar-refractivity contribution in [2.75, 3.05) is 13.2 Å². The SMILES string of the molecule is BrCc1ccccc1.CCOC(=O)C[N+](=O)[O-].Cc1cc(C=O)c(O)cc1O.Cc1cc(O)c(C=O)cc1C.Cc1cc2cc([N+](=O)[O-])c(=O)oc2cc1C. The first-order valence-corrected chi connectivity index (χ1v) is 17.3. The summed E-state index contributed by atoms with van der Waals surface area (Å²) in [5.74, 6) is -0.929. The van der Waals surface area contributed by atoms with Gasteiger partial charge in [0.05, 0.1) is 22.7 Å². The molecular weight excluding hydrogens is 784 g/mol. The van der Waals surface area contributed by atoms with Gasteiger partial charge in [-0.1, -0.05) is 46.3 Å². The van der Waals surface area contributed by atoms with Gasteiger partial charge in [0.25, 0.3) is 6.54 Å². The molecule has 0 aliphatic carbocycles. The third kappa shape index (κ3) is 16.0. The minimum Gasteiger partial charge on any atom is -0.508 e. The van der Waals surface area contributed by atoms with Crippen LogP contribution < -0.4 is 5.63 Å². The second-order valence-electron chi connectivity index (χ2n) is 11.5. The van der Waals surface area contributed by atoms with Crippen LogP contribution in [0.25, 0.3) is 11.0 Å². The molecule has 15 nitrogen and oxygen atoms in total. The first-order chi connectivity index (χ1) is 25.9. The Morgan fingerprint density at radius 3 is 1.76 bits per heavy atom. The summed E-state index contributed by atoms with van der Waals surface area (Å²) in [6, 6.07) is 20.8. The van der Waals surface area contributed by atoms with Crippen molar-refractivity contribution in [2.45, 2.75) is 46.9 Å². The van der Waals surface area contributed by atoms with Gasteiger partial charge in [0.2, 0.25) is 0 Å². The number of rotatable bonds is 7. The molecule has 0 aliphatic heterocycles. The van der Waals surface area contributed by atoms with Crippen molar-refractivity contribution in [2.24, 2.45) is 0 Å². The molecule has 0 saturated carbocycles. The van der Waals surface area contributed by atoms with Crippen molar-refractivity contribution >= 4 is 51.1 Å². The second-order valence-corrected chi connectivity index (χ2v) is 12.1. The molecular formula is C39H41BrN2O13. The first kappa shape index (κ1) is 46.6. The first-order valence-electron chi connectivity index (χ1n) is 16.2. The fraction of sp³-hybridized carbons (Fsp3) is 0.231. The number of ether oxygens (including phenoxy) is 1. The minimum absolute atomic E-state index is 0.00639. The molecule has 16 heteroatoms. The van der Waals surface area contributed by atoms with Crippen LogP contribution in [0.15, 0.2) is 82.0 Å². The van der Waals surface area contributed by atoms with Crippen LogP contribution in [0.1, 0.15) is 61.0 Å². The zero-order chi connectivity index (χ0) is 41.8. The molecule has 0 amide bonds. The zero-order valence-electron chi connectivity index (χ0n) is 30.9. The van der Waals surface area contributed by atoms with Gasteiger partial charge in [0.1, 0.15) is 22.8 Å². The van der Waals surface area contributed by atoms with Gasteiger partial charge < -0.3 is 24.5 Å². The highest BCUT2D eigenvalue weighted by atomic mass is 79.9. The lowest BCUT2D eigenvalue weighted by atomic mass is 10.1. The van der Waals surface area contributed by atoms with E-state index in [9.17, 15) is 44.5 Å². The molecule has 4 aromatic carbocycles. The lowest BCUT2D eigenvalue weighted by Gasteiger charge is -2.02. The Hall–Kier alpha value is -6.42. The second kappa shape index (κ2) is 23.3. The Morgan fingerprint density at radius 1 is 0.764 bits per heavy atom. The van der Waals surface area contributed by atoms with Crippen LogP contribution in [0.3, 0.4) is 0 Å². The predicted molar refractivity (Wildman–Crippen MR) is 209 cm³/mol. The number of fused-ring (bicyclic) bond motifs is 1. The van der Waals surface area contributed by atoms with Crippen LogP contribution in [0.2, 0.25) is 0 Å². The maximum atomic E-state index is 11.3. The van der Waals surface area contributed by atoms with Gasteiger partial charge in [0.15, 0.2) is 12.6 Å². The van der Waals surface area contributed by atoms with Gasteiger partial charge in [-0.25, -0.2) is 9.59 Å². The minimum atomic E-state index is -0.916. The van der Waals surface area contributed by atoms with Gasteiger partial charge in [-0.2, -0.15) is 0 Å². The lowest BCUT2D eigenvalue weighted by Crippen LogP contribution is -2.16. The van der Waals surface area contributed by atoms with Gasteiger partial charge >= 0.3 is 17.3 Å². The van der Waals surface area contributed by atoms with Gasteiger partial charge in [-0.05, 0) is 105 Å².